The summed E-state index contributed by atoms with van der Waals surface area (Å²) < 4.78 is 32.6. The minimum absolute atomic E-state index is 0.0654. The molecule has 1 aromatic heterocycles. The van der Waals surface area contributed by atoms with E-state index in [1.807, 2.05) is 19.9 Å². The van der Waals surface area contributed by atoms with Gasteiger partial charge in [-0.3, -0.25) is 9.59 Å². The number of Topliss-reactive ketones (excluding diaryl/α,β-unsaturated/α-hetero) is 1. The lowest BCUT2D eigenvalue weighted by molar-refractivity contribution is -0.148. The zero-order chi connectivity index (χ0) is 19.8. The van der Waals surface area contributed by atoms with Crippen LogP contribution in [-0.2, 0) is 19.6 Å². The fraction of sp³-hybridized carbons (Fsp3) is 0.684. The van der Waals surface area contributed by atoms with Crippen molar-refractivity contribution in [1.29, 1.82) is 0 Å². The van der Waals surface area contributed by atoms with Crippen molar-refractivity contribution in [3.8, 4) is 0 Å². The number of sulfonamides is 1. The Morgan fingerprint density at radius 1 is 1.15 bits per heavy atom. The molecule has 8 heteroatoms. The molecule has 1 saturated heterocycles. The second-order valence-corrected chi connectivity index (χ2v) is 9.75. The highest BCUT2D eigenvalue weighted by Gasteiger charge is 2.32. The number of aromatic nitrogens is 1. The van der Waals surface area contributed by atoms with E-state index in [-0.39, 0.29) is 24.1 Å². The summed E-state index contributed by atoms with van der Waals surface area (Å²) in [6.45, 7) is 5.93. The van der Waals surface area contributed by atoms with E-state index >= 15 is 0 Å². The number of nitrogens with zero attached hydrogens (tertiary/aromatic N) is 2. The highest BCUT2D eigenvalue weighted by molar-refractivity contribution is 7.89. The molecule has 1 aliphatic heterocycles. The van der Waals surface area contributed by atoms with Crippen molar-refractivity contribution < 1.29 is 22.7 Å². The molecule has 0 radical (unpaired) electrons. The number of piperidine rings is 1. The molecule has 0 bridgehead atoms. The molecule has 2 fully saturated rings. The predicted molar refractivity (Wildman–Crippen MR) is 101 cm³/mol. The average molecular weight is 397 g/mol. The maximum Gasteiger partial charge on any atom is 0.309 e. The van der Waals surface area contributed by atoms with Gasteiger partial charge in [0.05, 0.1) is 11.7 Å². The quantitative estimate of drug-likeness (QED) is 0.521. The van der Waals surface area contributed by atoms with Gasteiger partial charge >= 0.3 is 5.97 Å². The third-order valence-electron chi connectivity index (χ3n) is 5.59. The van der Waals surface area contributed by atoms with Gasteiger partial charge in [0.25, 0.3) is 0 Å². The Morgan fingerprint density at radius 2 is 1.78 bits per heavy atom. The molecule has 0 unspecified atom stereocenters. The van der Waals surface area contributed by atoms with Crippen LogP contribution in [0.15, 0.2) is 6.07 Å². The number of rotatable bonds is 7. The first kappa shape index (κ1) is 20.1. The molecule has 0 spiro atoms. The van der Waals surface area contributed by atoms with Crippen LogP contribution >= 0.6 is 0 Å². The Balaban J connectivity index is 1.53. The lowest BCUT2D eigenvalue weighted by atomic mass is 9.98. The molecule has 3 rings (SSSR count). The van der Waals surface area contributed by atoms with Crippen LogP contribution in [0.25, 0.3) is 0 Å². The van der Waals surface area contributed by atoms with E-state index < -0.39 is 16.0 Å². The topological polar surface area (TPSA) is 85.7 Å². The van der Waals surface area contributed by atoms with Gasteiger partial charge in [-0.1, -0.05) is 0 Å². The van der Waals surface area contributed by atoms with Gasteiger partial charge in [0.15, 0.2) is 6.61 Å². The molecular weight excluding hydrogens is 368 g/mol. The Bertz CT molecular complexity index is 831. The van der Waals surface area contributed by atoms with Crippen molar-refractivity contribution in [3.05, 3.63) is 23.0 Å². The van der Waals surface area contributed by atoms with Crippen LogP contribution in [0.1, 0.15) is 60.4 Å². The van der Waals surface area contributed by atoms with E-state index in [4.69, 9.17) is 4.74 Å². The Kier molecular flexibility index (Phi) is 5.76. The van der Waals surface area contributed by atoms with Gasteiger partial charge < -0.3 is 9.30 Å². The van der Waals surface area contributed by atoms with Crippen molar-refractivity contribution in [2.45, 2.75) is 52.5 Å². The first-order valence-corrected chi connectivity index (χ1v) is 11.2. The molecule has 2 heterocycles. The van der Waals surface area contributed by atoms with Crippen molar-refractivity contribution in [2.24, 2.45) is 5.92 Å². The highest BCUT2D eigenvalue weighted by atomic mass is 32.2. The van der Waals surface area contributed by atoms with E-state index in [9.17, 15) is 18.0 Å². The average Bonchev–Trinajstić information content (AvgIpc) is 3.44. The lowest BCUT2D eigenvalue weighted by Crippen LogP contribution is -2.41. The molecule has 1 aromatic rings. The van der Waals surface area contributed by atoms with Crippen LogP contribution in [0.4, 0.5) is 0 Å². The number of hydrogen-bond acceptors (Lipinski definition) is 5. The predicted octanol–water partition coefficient (Wildman–Crippen LogP) is 2.23. The molecule has 0 N–H and O–H groups in total. The number of carbonyl (C=O) groups is 2. The molecule has 0 amide bonds. The van der Waals surface area contributed by atoms with Crippen LogP contribution < -0.4 is 0 Å². The SMILES string of the molecule is CCS(=O)(=O)N1CCC(C(=O)OCC(=O)c2cc(C)n(C3CC3)c2C)CC1. The van der Waals surface area contributed by atoms with Crippen LogP contribution in [0.3, 0.4) is 0 Å². The summed E-state index contributed by atoms with van der Waals surface area (Å²) in [5.74, 6) is -0.877. The van der Waals surface area contributed by atoms with Crippen molar-refractivity contribution >= 4 is 21.8 Å². The molecule has 27 heavy (non-hydrogen) atoms. The fourth-order valence-corrected chi connectivity index (χ4v) is 4.97. The van der Waals surface area contributed by atoms with E-state index in [1.54, 1.807) is 6.92 Å². The normalized spacial score (nSPS) is 19.2. The molecule has 0 aromatic carbocycles. The Hall–Kier alpha value is -1.67. The number of carbonyl (C=O) groups excluding carboxylic acids is 2. The summed E-state index contributed by atoms with van der Waals surface area (Å²) in [5.41, 5.74) is 2.62. The van der Waals surface area contributed by atoms with Gasteiger partial charge in [-0.2, -0.15) is 0 Å². The van der Waals surface area contributed by atoms with Gasteiger partial charge in [0.2, 0.25) is 15.8 Å². The largest absolute Gasteiger partial charge is 0.457 e. The zero-order valence-electron chi connectivity index (χ0n) is 16.2. The maximum atomic E-state index is 12.5. The molecule has 7 nitrogen and oxygen atoms in total. The fourth-order valence-electron chi connectivity index (χ4n) is 3.84. The Labute approximate surface area is 160 Å². The molecule has 0 atom stereocenters. The van der Waals surface area contributed by atoms with Crippen molar-refractivity contribution in [3.63, 3.8) is 0 Å². The van der Waals surface area contributed by atoms with Gasteiger partial charge in [-0.25, -0.2) is 12.7 Å². The number of ether oxygens (including phenoxy) is 1. The number of aryl methyl sites for hydroxylation is 1. The second-order valence-electron chi connectivity index (χ2n) is 7.49. The van der Waals surface area contributed by atoms with E-state index in [0.717, 1.165) is 24.2 Å². The molecule has 2 aliphatic rings. The van der Waals surface area contributed by atoms with Gasteiger partial charge in [0, 0.05) is 36.1 Å². The van der Waals surface area contributed by atoms with Crippen molar-refractivity contribution in [1.82, 2.24) is 8.87 Å². The second kappa shape index (κ2) is 7.75. The van der Waals surface area contributed by atoms with Gasteiger partial charge in [-0.15, -0.1) is 0 Å². The Morgan fingerprint density at radius 3 is 2.33 bits per heavy atom. The van der Waals surface area contributed by atoms with Gasteiger partial charge in [-0.05, 0) is 52.5 Å². The summed E-state index contributed by atoms with van der Waals surface area (Å²) in [5, 5.41) is 0. The summed E-state index contributed by atoms with van der Waals surface area (Å²) in [6, 6.07) is 2.37. The third-order valence-corrected chi connectivity index (χ3v) is 7.47. The summed E-state index contributed by atoms with van der Waals surface area (Å²) in [7, 11) is -3.22. The van der Waals surface area contributed by atoms with Crippen LogP contribution in [-0.4, -0.2) is 54.5 Å². The van der Waals surface area contributed by atoms with E-state index in [1.165, 1.54) is 4.31 Å². The highest BCUT2D eigenvalue weighted by Crippen LogP contribution is 2.38. The number of ketones is 1. The van der Waals surface area contributed by atoms with Gasteiger partial charge in [0.1, 0.15) is 0 Å². The van der Waals surface area contributed by atoms with Crippen LogP contribution in [0.5, 0.6) is 0 Å². The van der Waals surface area contributed by atoms with Crippen LogP contribution in [0.2, 0.25) is 0 Å². The minimum Gasteiger partial charge on any atom is -0.457 e. The lowest BCUT2D eigenvalue weighted by Gasteiger charge is -2.29. The zero-order valence-corrected chi connectivity index (χ0v) is 17.0. The summed E-state index contributed by atoms with van der Waals surface area (Å²) >= 11 is 0. The first-order chi connectivity index (χ1) is 12.7. The summed E-state index contributed by atoms with van der Waals surface area (Å²) in [4.78, 5) is 24.8. The summed E-state index contributed by atoms with van der Waals surface area (Å²) in [6.07, 6.45) is 3.15. The van der Waals surface area contributed by atoms with E-state index in [0.29, 0.717) is 37.5 Å². The smallest absolute Gasteiger partial charge is 0.309 e. The molecular formula is C19H28N2O5S. The standard InChI is InChI=1S/C19H28N2O5S/c1-4-27(24,25)20-9-7-15(8-10-20)19(23)26-12-18(22)17-11-13(2)21(14(17)3)16-5-6-16/h11,15-16H,4-10,12H2,1-3H3. The molecule has 1 aliphatic carbocycles. The minimum atomic E-state index is -3.22. The van der Waals surface area contributed by atoms with Crippen molar-refractivity contribution in [2.75, 3.05) is 25.4 Å². The van der Waals surface area contributed by atoms with Crippen LogP contribution in [0, 0.1) is 19.8 Å². The van der Waals surface area contributed by atoms with E-state index in [2.05, 4.69) is 4.57 Å². The number of esters is 1. The molecule has 150 valence electrons. The maximum absolute atomic E-state index is 12.5. The number of hydrogen-bond donors (Lipinski definition) is 0. The first-order valence-electron chi connectivity index (χ1n) is 9.60. The molecule has 1 saturated carbocycles. The monoisotopic (exact) mass is 396 g/mol. The third kappa shape index (κ3) is 4.27.